The minimum absolute atomic E-state index is 0.520. The van der Waals surface area contributed by atoms with Gasteiger partial charge in [0.1, 0.15) is 5.60 Å². The Morgan fingerprint density at radius 3 is 2.92 bits per heavy atom. The van der Waals surface area contributed by atoms with Gasteiger partial charge in [-0.1, -0.05) is 0 Å². The topological polar surface area (TPSA) is 39.2 Å². The van der Waals surface area contributed by atoms with Crippen molar-refractivity contribution in [3.05, 3.63) is 23.5 Å². The van der Waals surface area contributed by atoms with Crippen molar-refractivity contribution in [1.29, 1.82) is 0 Å². The number of aromatic nitrogens is 1. The molecule has 0 spiro atoms. The van der Waals surface area contributed by atoms with Crippen LogP contribution in [0.4, 0.5) is 0 Å². The SMILES string of the molecule is Cc1cnc2c(c1)S(=O)OC2(C)C. The van der Waals surface area contributed by atoms with Crippen molar-refractivity contribution >= 4 is 11.1 Å². The third kappa shape index (κ3) is 1.30. The molecule has 0 aromatic carbocycles. The summed E-state index contributed by atoms with van der Waals surface area (Å²) in [4.78, 5) is 4.96. The average molecular weight is 197 g/mol. The summed E-state index contributed by atoms with van der Waals surface area (Å²) in [6.45, 7) is 5.67. The van der Waals surface area contributed by atoms with E-state index in [1.54, 1.807) is 6.20 Å². The Bertz CT molecular complexity index is 387. The summed E-state index contributed by atoms with van der Waals surface area (Å²) < 4.78 is 16.8. The Balaban J connectivity index is 2.66. The van der Waals surface area contributed by atoms with E-state index in [0.29, 0.717) is 4.90 Å². The minimum atomic E-state index is -1.34. The van der Waals surface area contributed by atoms with E-state index in [1.165, 1.54) is 0 Å². The van der Waals surface area contributed by atoms with Crippen molar-refractivity contribution in [2.45, 2.75) is 31.3 Å². The molecule has 0 radical (unpaired) electrons. The third-order valence-corrected chi connectivity index (χ3v) is 3.26. The molecule has 0 amide bonds. The average Bonchev–Trinajstić information content (AvgIpc) is 2.22. The highest BCUT2D eigenvalue weighted by Crippen LogP contribution is 2.37. The quantitative estimate of drug-likeness (QED) is 0.635. The van der Waals surface area contributed by atoms with Gasteiger partial charge in [-0.25, -0.2) is 4.21 Å². The molecule has 0 N–H and O–H groups in total. The molecule has 13 heavy (non-hydrogen) atoms. The molecule has 2 rings (SSSR count). The molecule has 0 bridgehead atoms. The van der Waals surface area contributed by atoms with Crippen LogP contribution in [0.2, 0.25) is 0 Å². The van der Waals surface area contributed by atoms with Gasteiger partial charge in [-0.2, -0.15) is 0 Å². The summed E-state index contributed by atoms with van der Waals surface area (Å²) in [5.74, 6) is 0. The van der Waals surface area contributed by atoms with Crippen LogP contribution in [0.3, 0.4) is 0 Å². The van der Waals surface area contributed by atoms with Crippen LogP contribution >= 0.6 is 0 Å². The Labute approximate surface area is 79.8 Å². The van der Waals surface area contributed by atoms with Crippen LogP contribution in [0.5, 0.6) is 0 Å². The van der Waals surface area contributed by atoms with Crippen molar-refractivity contribution < 1.29 is 8.39 Å². The molecule has 70 valence electrons. The van der Waals surface area contributed by atoms with E-state index < -0.39 is 16.7 Å². The van der Waals surface area contributed by atoms with Crippen molar-refractivity contribution in [1.82, 2.24) is 4.98 Å². The maximum atomic E-state index is 11.5. The second-order valence-corrected chi connectivity index (χ2v) is 4.76. The molecule has 1 aromatic rings. The highest BCUT2D eigenvalue weighted by molar-refractivity contribution is 7.80. The highest BCUT2D eigenvalue weighted by Gasteiger charge is 2.38. The first-order valence-corrected chi connectivity index (χ1v) is 5.16. The van der Waals surface area contributed by atoms with Crippen LogP contribution in [0.15, 0.2) is 17.2 Å². The second kappa shape index (κ2) is 2.62. The molecule has 2 heterocycles. The summed E-state index contributed by atoms with van der Waals surface area (Å²) in [5.41, 5.74) is 1.28. The maximum absolute atomic E-state index is 11.5. The lowest BCUT2D eigenvalue weighted by Crippen LogP contribution is -2.16. The summed E-state index contributed by atoms with van der Waals surface area (Å²) in [7, 11) is 0. The fraction of sp³-hybridized carbons (Fsp3) is 0.444. The summed E-state index contributed by atoms with van der Waals surface area (Å²) >= 11 is -1.34. The molecule has 1 atom stereocenters. The monoisotopic (exact) mass is 197 g/mol. The molecule has 0 saturated heterocycles. The highest BCUT2D eigenvalue weighted by atomic mass is 32.2. The molecule has 3 nitrogen and oxygen atoms in total. The number of hydrogen-bond acceptors (Lipinski definition) is 3. The van der Waals surface area contributed by atoms with Gasteiger partial charge in [0.2, 0.25) is 0 Å². The summed E-state index contributed by atoms with van der Waals surface area (Å²) in [6.07, 6.45) is 1.77. The van der Waals surface area contributed by atoms with Crippen LogP contribution < -0.4 is 0 Å². The Kier molecular flexibility index (Phi) is 1.78. The largest absolute Gasteiger partial charge is 0.274 e. The molecule has 0 aliphatic carbocycles. The Morgan fingerprint density at radius 2 is 2.23 bits per heavy atom. The second-order valence-electron chi connectivity index (χ2n) is 3.69. The zero-order chi connectivity index (χ0) is 9.64. The number of hydrogen-bond donors (Lipinski definition) is 0. The molecular weight excluding hydrogens is 186 g/mol. The molecule has 1 aliphatic heterocycles. The van der Waals surface area contributed by atoms with Crippen LogP contribution in [0.1, 0.15) is 25.1 Å². The van der Waals surface area contributed by atoms with E-state index in [2.05, 4.69) is 4.98 Å². The molecule has 1 aromatic heterocycles. The fourth-order valence-electron chi connectivity index (χ4n) is 1.40. The lowest BCUT2D eigenvalue weighted by atomic mass is 10.0. The van der Waals surface area contributed by atoms with Crippen molar-refractivity contribution in [2.24, 2.45) is 0 Å². The fourth-order valence-corrected chi connectivity index (χ4v) is 2.68. The van der Waals surface area contributed by atoms with Gasteiger partial charge in [-0.15, -0.1) is 0 Å². The van der Waals surface area contributed by atoms with E-state index in [4.69, 9.17) is 4.18 Å². The standard InChI is InChI=1S/C9H11NO2S/c1-6-4-7-8(10-5-6)9(2,3)12-13(7)11/h4-5H,1-3H3. The van der Waals surface area contributed by atoms with Crippen molar-refractivity contribution in [3.63, 3.8) is 0 Å². The van der Waals surface area contributed by atoms with E-state index in [-0.39, 0.29) is 0 Å². The number of aryl methyl sites for hydroxylation is 1. The summed E-state index contributed by atoms with van der Waals surface area (Å²) in [6, 6.07) is 1.87. The summed E-state index contributed by atoms with van der Waals surface area (Å²) in [5, 5.41) is 0. The van der Waals surface area contributed by atoms with Crippen LogP contribution in [-0.2, 0) is 20.9 Å². The van der Waals surface area contributed by atoms with Gasteiger partial charge in [0, 0.05) is 6.20 Å². The Hall–Kier alpha value is -0.740. The predicted molar refractivity (Wildman–Crippen MR) is 49.5 cm³/mol. The van der Waals surface area contributed by atoms with Crippen LogP contribution in [0, 0.1) is 6.92 Å². The van der Waals surface area contributed by atoms with Gasteiger partial charge < -0.3 is 0 Å². The zero-order valence-electron chi connectivity index (χ0n) is 7.83. The smallest absolute Gasteiger partial charge is 0.192 e. The lowest BCUT2D eigenvalue weighted by molar-refractivity contribution is 0.137. The molecule has 4 heteroatoms. The van der Waals surface area contributed by atoms with E-state index >= 15 is 0 Å². The lowest BCUT2D eigenvalue weighted by Gasteiger charge is -2.14. The van der Waals surface area contributed by atoms with Crippen molar-refractivity contribution in [2.75, 3.05) is 0 Å². The van der Waals surface area contributed by atoms with Gasteiger partial charge in [0.15, 0.2) is 11.1 Å². The van der Waals surface area contributed by atoms with Gasteiger partial charge >= 0.3 is 0 Å². The molecule has 0 fully saturated rings. The molecule has 0 saturated carbocycles. The van der Waals surface area contributed by atoms with Crippen molar-refractivity contribution in [3.8, 4) is 0 Å². The van der Waals surface area contributed by atoms with Gasteiger partial charge in [0.25, 0.3) is 0 Å². The minimum Gasteiger partial charge on any atom is -0.274 e. The first-order chi connectivity index (χ1) is 6.00. The predicted octanol–water partition coefficient (Wildman–Crippen LogP) is 1.68. The van der Waals surface area contributed by atoms with Crippen LogP contribution in [0.25, 0.3) is 0 Å². The Morgan fingerprint density at radius 1 is 1.54 bits per heavy atom. The third-order valence-electron chi connectivity index (χ3n) is 2.02. The maximum Gasteiger partial charge on any atom is 0.192 e. The number of fused-ring (bicyclic) bond motifs is 1. The van der Waals surface area contributed by atoms with Crippen LogP contribution in [-0.4, -0.2) is 9.19 Å². The first-order valence-electron chi connectivity index (χ1n) is 4.09. The van der Waals surface area contributed by atoms with E-state index in [1.807, 2.05) is 26.8 Å². The molecule has 1 unspecified atom stereocenters. The van der Waals surface area contributed by atoms with Gasteiger partial charge in [-0.05, 0) is 32.4 Å². The van der Waals surface area contributed by atoms with E-state index in [0.717, 1.165) is 11.3 Å². The van der Waals surface area contributed by atoms with E-state index in [9.17, 15) is 4.21 Å². The zero-order valence-corrected chi connectivity index (χ0v) is 8.64. The number of nitrogens with zero attached hydrogens (tertiary/aromatic N) is 1. The molecular formula is C9H11NO2S. The van der Waals surface area contributed by atoms with Gasteiger partial charge in [0.05, 0.1) is 10.6 Å². The number of pyridine rings is 1. The van der Waals surface area contributed by atoms with Gasteiger partial charge in [-0.3, -0.25) is 9.17 Å². The number of rotatable bonds is 0. The molecule has 1 aliphatic rings. The first kappa shape index (κ1) is 8.84. The normalized spacial score (nSPS) is 24.4.